The molecule has 3 nitrogen and oxygen atoms in total. The smallest absolute Gasteiger partial charge is 0.331 e. The second-order valence-electron chi connectivity index (χ2n) is 3.52. The lowest BCUT2D eigenvalue weighted by atomic mass is 10.2. The molecule has 2 N–H and O–H groups in total. The van der Waals surface area contributed by atoms with Gasteiger partial charge in [0.2, 0.25) is 0 Å². The predicted octanol–water partition coefficient (Wildman–Crippen LogP) is 4.48. The van der Waals surface area contributed by atoms with Gasteiger partial charge in [0.05, 0.1) is 20.8 Å². The zero-order valence-corrected chi connectivity index (χ0v) is 11.9. The number of hydrogen-bond acceptors (Lipinski definition) is 2. The third kappa shape index (κ3) is 4.09. The van der Waals surface area contributed by atoms with Gasteiger partial charge in [-0.2, -0.15) is 0 Å². The van der Waals surface area contributed by atoms with Crippen LogP contribution in [0.2, 0.25) is 15.1 Å². The number of aliphatic carboxylic acids is 1. The normalized spacial score (nSPS) is 11.4. The molecule has 0 radical (unpaired) electrons. The highest BCUT2D eigenvalue weighted by atomic mass is 35.5. The highest BCUT2D eigenvalue weighted by Crippen LogP contribution is 2.32. The number of carboxylic acid groups (broad SMARTS) is 1. The number of hydrogen-bond donors (Lipinski definition) is 2. The minimum Gasteiger partial charge on any atom is -0.478 e. The second-order valence-corrected chi connectivity index (χ2v) is 4.74. The summed E-state index contributed by atoms with van der Waals surface area (Å²) >= 11 is 17.6. The Kier molecular flexibility index (Phi) is 5.79. The van der Waals surface area contributed by atoms with Gasteiger partial charge in [0.15, 0.2) is 0 Å². The van der Waals surface area contributed by atoms with E-state index in [0.29, 0.717) is 39.3 Å². The van der Waals surface area contributed by atoms with Gasteiger partial charge in [-0.15, -0.1) is 0 Å². The van der Waals surface area contributed by atoms with E-state index in [9.17, 15) is 4.79 Å². The fraction of sp³-hybridized carbons (Fsp3) is 0.250. The summed E-state index contributed by atoms with van der Waals surface area (Å²) in [6.07, 6.45) is 2.06. The van der Waals surface area contributed by atoms with Crippen molar-refractivity contribution in [3.8, 4) is 0 Å². The number of carbonyl (C=O) groups is 1. The molecule has 0 aliphatic rings. The molecule has 0 saturated carbocycles. The van der Waals surface area contributed by atoms with Crippen molar-refractivity contribution >= 4 is 46.5 Å². The largest absolute Gasteiger partial charge is 0.478 e. The van der Waals surface area contributed by atoms with Gasteiger partial charge in [0.1, 0.15) is 0 Å². The van der Waals surface area contributed by atoms with E-state index in [1.54, 1.807) is 19.1 Å². The topological polar surface area (TPSA) is 49.3 Å². The molecule has 0 saturated heterocycles. The summed E-state index contributed by atoms with van der Waals surface area (Å²) in [5.41, 5.74) is 0.960. The van der Waals surface area contributed by atoms with Crippen LogP contribution in [0, 0.1) is 0 Å². The molecular weight excluding hydrogens is 296 g/mol. The molecule has 1 rings (SSSR count). The zero-order valence-electron chi connectivity index (χ0n) is 9.64. The van der Waals surface area contributed by atoms with Crippen LogP contribution >= 0.6 is 34.8 Å². The maximum atomic E-state index is 10.8. The van der Waals surface area contributed by atoms with Gasteiger partial charge in [-0.25, -0.2) is 4.79 Å². The summed E-state index contributed by atoms with van der Waals surface area (Å²) in [7, 11) is 0. The first-order valence-electron chi connectivity index (χ1n) is 5.26. The van der Waals surface area contributed by atoms with Gasteiger partial charge < -0.3 is 10.4 Å². The van der Waals surface area contributed by atoms with Crippen molar-refractivity contribution in [2.45, 2.75) is 13.3 Å². The summed E-state index contributed by atoms with van der Waals surface area (Å²) in [6.45, 7) is 2.14. The Morgan fingerprint density at radius 1 is 1.28 bits per heavy atom. The van der Waals surface area contributed by atoms with Gasteiger partial charge >= 0.3 is 5.97 Å². The fourth-order valence-electron chi connectivity index (χ4n) is 1.33. The van der Waals surface area contributed by atoms with Crippen molar-refractivity contribution in [1.29, 1.82) is 0 Å². The zero-order chi connectivity index (χ0) is 13.7. The first kappa shape index (κ1) is 15.2. The van der Waals surface area contributed by atoms with Crippen molar-refractivity contribution in [3.63, 3.8) is 0 Å². The van der Waals surface area contributed by atoms with E-state index in [2.05, 4.69) is 5.32 Å². The number of benzene rings is 1. The fourth-order valence-corrected chi connectivity index (χ4v) is 1.94. The first-order valence-corrected chi connectivity index (χ1v) is 6.39. The Morgan fingerprint density at radius 3 is 2.44 bits per heavy atom. The van der Waals surface area contributed by atoms with Crippen molar-refractivity contribution in [2.75, 3.05) is 11.9 Å². The Balaban J connectivity index is 2.75. The van der Waals surface area contributed by atoms with Crippen molar-refractivity contribution in [1.82, 2.24) is 0 Å². The van der Waals surface area contributed by atoms with Crippen molar-refractivity contribution in [2.24, 2.45) is 0 Å². The van der Waals surface area contributed by atoms with E-state index < -0.39 is 5.97 Å². The van der Waals surface area contributed by atoms with Crippen molar-refractivity contribution in [3.05, 3.63) is 38.8 Å². The number of anilines is 1. The van der Waals surface area contributed by atoms with Crippen LogP contribution in [-0.2, 0) is 4.79 Å². The molecule has 1 aromatic rings. The molecule has 0 atom stereocenters. The van der Waals surface area contributed by atoms with E-state index in [1.165, 1.54) is 6.07 Å². The number of carboxylic acids is 1. The lowest BCUT2D eigenvalue weighted by Crippen LogP contribution is -2.05. The van der Waals surface area contributed by atoms with Crippen LogP contribution in [-0.4, -0.2) is 17.6 Å². The molecule has 18 heavy (non-hydrogen) atoms. The molecule has 0 amide bonds. The summed E-state index contributed by atoms with van der Waals surface area (Å²) in [5, 5.41) is 13.0. The van der Waals surface area contributed by atoms with E-state index in [0.717, 1.165) is 0 Å². The maximum Gasteiger partial charge on any atom is 0.331 e. The SMILES string of the molecule is CC/C(=C/CNc1cc(Cl)c(Cl)cc1Cl)C(=O)O. The Hall–Kier alpha value is -0.900. The highest BCUT2D eigenvalue weighted by molar-refractivity contribution is 6.44. The third-order valence-corrected chi connectivity index (χ3v) is 3.34. The molecule has 0 fully saturated rings. The van der Waals surface area contributed by atoms with Crippen LogP contribution in [0.1, 0.15) is 13.3 Å². The van der Waals surface area contributed by atoms with Gasteiger partial charge in [0, 0.05) is 12.1 Å². The second kappa shape index (κ2) is 6.88. The molecular formula is C12H12Cl3NO2. The Labute approximate surface area is 120 Å². The van der Waals surface area contributed by atoms with Gasteiger partial charge in [0.25, 0.3) is 0 Å². The highest BCUT2D eigenvalue weighted by Gasteiger charge is 2.06. The summed E-state index contributed by atoms with van der Waals surface area (Å²) in [5.74, 6) is -0.917. The minimum atomic E-state index is -0.917. The molecule has 0 aromatic heterocycles. The number of nitrogens with one attached hydrogen (secondary N) is 1. The molecule has 98 valence electrons. The Bertz CT molecular complexity index is 486. The number of halogens is 3. The standard InChI is InChI=1S/C12H12Cl3NO2/c1-2-7(12(17)18)3-4-16-11-6-9(14)8(13)5-10(11)15/h3,5-6,16H,2,4H2,1H3,(H,17,18)/b7-3-. The summed E-state index contributed by atoms with van der Waals surface area (Å²) in [4.78, 5) is 10.8. The van der Waals surface area contributed by atoms with Gasteiger partial charge in [-0.05, 0) is 18.6 Å². The van der Waals surface area contributed by atoms with Crippen LogP contribution < -0.4 is 5.32 Å². The van der Waals surface area contributed by atoms with E-state index in [-0.39, 0.29) is 0 Å². The lowest BCUT2D eigenvalue weighted by molar-refractivity contribution is -0.132. The van der Waals surface area contributed by atoms with E-state index in [4.69, 9.17) is 39.9 Å². The van der Waals surface area contributed by atoms with Crippen LogP contribution in [0.5, 0.6) is 0 Å². The maximum absolute atomic E-state index is 10.8. The lowest BCUT2D eigenvalue weighted by Gasteiger charge is -2.08. The van der Waals surface area contributed by atoms with Crippen molar-refractivity contribution < 1.29 is 9.90 Å². The average molecular weight is 309 g/mol. The monoisotopic (exact) mass is 307 g/mol. The van der Waals surface area contributed by atoms with Gasteiger partial charge in [-0.3, -0.25) is 0 Å². The molecule has 6 heteroatoms. The third-order valence-electron chi connectivity index (χ3n) is 2.31. The molecule has 0 aliphatic carbocycles. The molecule has 0 spiro atoms. The minimum absolute atomic E-state index is 0.346. The van der Waals surface area contributed by atoms with E-state index in [1.807, 2.05) is 0 Å². The van der Waals surface area contributed by atoms with Crippen LogP contribution in [0.25, 0.3) is 0 Å². The first-order chi connectivity index (χ1) is 8.45. The summed E-state index contributed by atoms with van der Waals surface area (Å²) in [6, 6.07) is 3.14. The average Bonchev–Trinajstić information content (AvgIpc) is 2.30. The van der Waals surface area contributed by atoms with E-state index >= 15 is 0 Å². The molecule has 0 heterocycles. The molecule has 1 aromatic carbocycles. The molecule has 0 unspecified atom stereocenters. The van der Waals surface area contributed by atoms with Crippen LogP contribution in [0.3, 0.4) is 0 Å². The van der Waals surface area contributed by atoms with Gasteiger partial charge in [-0.1, -0.05) is 47.8 Å². The number of rotatable bonds is 5. The van der Waals surface area contributed by atoms with Crippen LogP contribution in [0.4, 0.5) is 5.69 Å². The van der Waals surface area contributed by atoms with Crippen LogP contribution in [0.15, 0.2) is 23.8 Å². The summed E-state index contributed by atoms with van der Waals surface area (Å²) < 4.78 is 0. The molecule has 0 aliphatic heterocycles. The Morgan fingerprint density at radius 2 is 1.89 bits per heavy atom. The quantitative estimate of drug-likeness (QED) is 0.623. The predicted molar refractivity (Wildman–Crippen MR) is 76.0 cm³/mol. The molecule has 0 bridgehead atoms.